The Hall–Kier alpha value is -1.05. The quantitative estimate of drug-likeness (QED) is 0.706. The predicted octanol–water partition coefficient (Wildman–Crippen LogP) is 3.27. The molecule has 72 valence electrons. The van der Waals surface area contributed by atoms with E-state index in [-0.39, 0.29) is 17.5 Å². The summed E-state index contributed by atoms with van der Waals surface area (Å²) in [4.78, 5) is 0. The second kappa shape index (κ2) is 3.36. The van der Waals surface area contributed by atoms with Crippen molar-refractivity contribution in [2.45, 2.75) is 33.6 Å². The summed E-state index contributed by atoms with van der Waals surface area (Å²) < 4.78 is 13.6. The van der Waals surface area contributed by atoms with Crippen molar-refractivity contribution >= 4 is 0 Å². The van der Waals surface area contributed by atoms with Gasteiger partial charge in [0.1, 0.15) is 11.6 Å². The van der Waals surface area contributed by atoms with Crippen molar-refractivity contribution in [3.8, 4) is 5.75 Å². The van der Waals surface area contributed by atoms with Gasteiger partial charge in [0.15, 0.2) is 0 Å². The minimum atomic E-state index is -0.271. The van der Waals surface area contributed by atoms with Gasteiger partial charge in [0, 0.05) is 5.56 Å². The van der Waals surface area contributed by atoms with Crippen LogP contribution < -0.4 is 0 Å². The molecular formula is C11H15FO. The Morgan fingerprint density at radius 3 is 2.31 bits per heavy atom. The van der Waals surface area contributed by atoms with Crippen molar-refractivity contribution in [3.63, 3.8) is 0 Å². The van der Waals surface area contributed by atoms with Crippen LogP contribution in [0, 0.1) is 19.7 Å². The van der Waals surface area contributed by atoms with E-state index in [4.69, 9.17) is 0 Å². The topological polar surface area (TPSA) is 20.2 Å². The first-order chi connectivity index (χ1) is 5.95. The number of aromatic hydroxyl groups is 1. The van der Waals surface area contributed by atoms with E-state index < -0.39 is 0 Å². The standard InChI is InChI=1S/C11H15FO/c1-6(2)10-9(13)5-7(3)8(4)11(10)12/h5-6,13H,1-4H3. The minimum Gasteiger partial charge on any atom is -0.508 e. The van der Waals surface area contributed by atoms with Crippen molar-refractivity contribution in [3.05, 3.63) is 28.6 Å². The highest BCUT2D eigenvalue weighted by Crippen LogP contribution is 2.31. The van der Waals surface area contributed by atoms with Crippen LogP contribution in [0.5, 0.6) is 5.75 Å². The fourth-order valence-corrected chi connectivity index (χ4v) is 1.43. The molecule has 1 aromatic carbocycles. The predicted molar refractivity (Wildman–Crippen MR) is 51.6 cm³/mol. The number of aryl methyl sites for hydroxylation is 1. The van der Waals surface area contributed by atoms with Gasteiger partial charge in [-0.15, -0.1) is 0 Å². The Morgan fingerprint density at radius 2 is 1.85 bits per heavy atom. The van der Waals surface area contributed by atoms with Crippen molar-refractivity contribution in [1.82, 2.24) is 0 Å². The Bertz CT molecular complexity index is 329. The summed E-state index contributed by atoms with van der Waals surface area (Å²) in [5.74, 6) is -0.192. The molecule has 1 aromatic rings. The first-order valence-electron chi connectivity index (χ1n) is 4.43. The number of hydrogen-bond donors (Lipinski definition) is 1. The van der Waals surface area contributed by atoms with Gasteiger partial charge in [-0.2, -0.15) is 0 Å². The SMILES string of the molecule is Cc1cc(O)c(C(C)C)c(F)c1C. The van der Waals surface area contributed by atoms with Crippen LogP contribution in [0.15, 0.2) is 6.07 Å². The molecule has 0 amide bonds. The first-order valence-corrected chi connectivity index (χ1v) is 4.43. The Kier molecular flexibility index (Phi) is 2.60. The monoisotopic (exact) mass is 182 g/mol. The molecule has 13 heavy (non-hydrogen) atoms. The van der Waals surface area contributed by atoms with E-state index in [1.807, 2.05) is 13.8 Å². The molecule has 0 aromatic heterocycles. The van der Waals surface area contributed by atoms with E-state index in [9.17, 15) is 9.50 Å². The lowest BCUT2D eigenvalue weighted by Gasteiger charge is -2.13. The van der Waals surface area contributed by atoms with Gasteiger partial charge in [0.2, 0.25) is 0 Å². The summed E-state index contributed by atoms with van der Waals surface area (Å²) in [7, 11) is 0. The smallest absolute Gasteiger partial charge is 0.133 e. The second-order valence-corrected chi connectivity index (χ2v) is 3.72. The van der Waals surface area contributed by atoms with Gasteiger partial charge in [0.05, 0.1) is 0 Å². The lowest BCUT2D eigenvalue weighted by molar-refractivity contribution is 0.452. The summed E-state index contributed by atoms with van der Waals surface area (Å²) in [5, 5.41) is 9.53. The maximum atomic E-state index is 13.6. The summed E-state index contributed by atoms with van der Waals surface area (Å²) in [6.45, 7) is 7.26. The Balaban J connectivity index is 3.44. The third-order valence-electron chi connectivity index (χ3n) is 2.36. The van der Waals surface area contributed by atoms with Gasteiger partial charge in [-0.3, -0.25) is 0 Å². The zero-order valence-corrected chi connectivity index (χ0v) is 8.48. The molecule has 2 heteroatoms. The normalized spacial score (nSPS) is 10.9. The maximum absolute atomic E-state index is 13.6. The van der Waals surface area contributed by atoms with Crippen LogP contribution in [0.2, 0.25) is 0 Å². The minimum absolute atomic E-state index is 0.0132. The molecule has 0 heterocycles. The van der Waals surface area contributed by atoms with Crippen molar-refractivity contribution < 1.29 is 9.50 Å². The summed E-state index contributed by atoms with van der Waals surface area (Å²) in [6, 6.07) is 1.62. The van der Waals surface area contributed by atoms with Crippen LogP contribution in [0.1, 0.15) is 36.5 Å². The Morgan fingerprint density at radius 1 is 1.31 bits per heavy atom. The van der Waals surface area contributed by atoms with Crippen molar-refractivity contribution in [1.29, 1.82) is 0 Å². The average molecular weight is 182 g/mol. The average Bonchev–Trinajstić information content (AvgIpc) is 1.99. The third kappa shape index (κ3) is 1.67. The van der Waals surface area contributed by atoms with Gasteiger partial charge in [-0.25, -0.2) is 4.39 Å². The first kappa shape index (κ1) is 10.0. The molecule has 0 aliphatic heterocycles. The molecule has 1 nitrogen and oxygen atoms in total. The molecule has 0 spiro atoms. The van der Waals surface area contributed by atoms with Crippen LogP contribution in [-0.4, -0.2) is 5.11 Å². The molecule has 0 saturated carbocycles. The van der Waals surface area contributed by atoms with Gasteiger partial charge in [-0.1, -0.05) is 13.8 Å². The van der Waals surface area contributed by atoms with E-state index in [0.717, 1.165) is 5.56 Å². The molecule has 0 aliphatic rings. The molecule has 0 unspecified atom stereocenters. The molecular weight excluding hydrogens is 167 g/mol. The maximum Gasteiger partial charge on any atom is 0.133 e. The number of benzene rings is 1. The highest BCUT2D eigenvalue weighted by atomic mass is 19.1. The van der Waals surface area contributed by atoms with Crippen LogP contribution in [0.25, 0.3) is 0 Å². The summed E-state index contributed by atoms with van der Waals surface area (Å²) >= 11 is 0. The summed E-state index contributed by atoms with van der Waals surface area (Å²) in [6.07, 6.45) is 0. The van der Waals surface area contributed by atoms with Crippen LogP contribution in [0.4, 0.5) is 4.39 Å². The van der Waals surface area contributed by atoms with E-state index in [1.165, 1.54) is 0 Å². The molecule has 0 fully saturated rings. The second-order valence-electron chi connectivity index (χ2n) is 3.72. The van der Waals surface area contributed by atoms with E-state index >= 15 is 0 Å². The molecule has 0 aliphatic carbocycles. The number of phenolic OH excluding ortho intramolecular Hbond substituents is 1. The highest BCUT2D eigenvalue weighted by Gasteiger charge is 2.15. The molecule has 1 N–H and O–H groups in total. The third-order valence-corrected chi connectivity index (χ3v) is 2.36. The number of halogens is 1. The molecule has 0 atom stereocenters. The van der Waals surface area contributed by atoms with E-state index in [1.54, 1.807) is 19.9 Å². The molecule has 0 saturated heterocycles. The number of rotatable bonds is 1. The molecule has 0 bridgehead atoms. The molecule has 1 rings (SSSR count). The lowest BCUT2D eigenvalue weighted by atomic mass is 9.96. The van der Waals surface area contributed by atoms with Crippen molar-refractivity contribution in [2.75, 3.05) is 0 Å². The van der Waals surface area contributed by atoms with Crippen LogP contribution in [-0.2, 0) is 0 Å². The number of hydrogen-bond acceptors (Lipinski definition) is 1. The molecule has 0 radical (unpaired) electrons. The van der Waals surface area contributed by atoms with Gasteiger partial charge >= 0.3 is 0 Å². The lowest BCUT2D eigenvalue weighted by Crippen LogP contribution is -1.98. The van der Waals surface area contributed by atoms with Gasteiger partial charge < -0.3 is 5.11 Å². The fourth-order valence-electron chi connectivity index (χ4n) is 1.43. The summed E-state index contributed by atoms with van der Waals surface area (Å²) in [5.41, 5.74) is 1.84. The fraction of sp³-hybridized carbons (Fsp3) is 0.455. The number of phenols is 1. The Labute approximate surface area is 78.2 Å². The largest absolute Gasteiger partial charge is 0.508 e. The van der Waals surface area contributed by atoms with Gasteiger partial charge in [0.25, 0.3) is 0 Å². The van der Waals surface area contributed by atoms with Crippen molar-refractivity contribution in [2.24, 2.45) is 0 Å². The zero-order valence-electron chi connectivity index (χ0n) is 8.48. The van der Waals surface area contributed by atoms with E-state index in [2.05, 4.69) is 0 Å². The van der Waals surface area contributed by atoms with Gasteiger partial charge in [-0.05, 0) is 37.0 Å². The van der Waals surface area contributed by atoms with Crippen LogP contribution in [0.3, 0.4) is 0 Å². The zero-order chi connectivity index (χ0) is 10.2. The van der Waals surface area contributed by atoms with Crippen LogP contribution >= 0.6 is 0 Å². The van der Waals surface area contributed by atoms with E-state index in [0.29, 0.717) is 11.1 Å². The highest BCUT2D eigenvalue weighted by molar-refractivity contribution is 5.43.